The Labute approximate surface area is 98.8 Å². The highest BCUT2D eigenvalue weighted by molar-refractivity contribution is 7.89. The van der Waals surface area contributed by atoms with Gasteiger partial charge in [0.05, 0.1) is 11.7 Å². The molecule has 4 N–H and O–H groups in total. The number of nitrogens with zero attached hydrogens (tertiary/aromatic N) is 1. The largest absolute Gasteiger partial charge is 0.481 e. The summed E-state index contributed by atoms with van der Waals surface area (Å²) in [5, 5.41) is 15.9. The van der Waals surface area contributed by atoms with Gasteiger partial charge in [-0.05, 0) is 6.42 Å². The van der Waals surface area contributed by atoms with Gasteiger partial charge in [-0.15, -0.1) is 0 Å². The second-order valence-electron chi connectivity index (χ2n) is 3.87. The van der Waals surface area contributed by atoms with Crippen LogP contribution in [-0.4, -0.2) is 55.8 Å². The van der Waals surface area contributed by atoms with Gasteiger partial charge >= 0.3 is 12.0 Å². The number of carbonyl (C=O) groups excluding carboxylic acids is 1. The molecule has 0 spiro atoms. The number of urea groups is 1. The summed E-state index contributed by atoms with van der Waals surface area (Å²) in [6.07, 6.45) is 0.415. The van der Waals surface area contributed by atoms with Gasteiger partial charge in [0.25, 0.3) is 0 Å². The van der Waals surface area contributed by atoms with Gasteiger partial charge in [0, 0.05) is 19.6 Å². The zero-order valence-corrected chi connectivity index (χ0v) is 9.94. The highest BCUT2D eigenvalue weighted by Gasteiger charge is 2.30. The van der Waals surface area contributed by atoms with Crippen molar-refractivity contribution in [2.75, 3.05) is 25.4 Å². The first-order valence-corrected chi connectivity index (χ1v) is 6.77. The van der Waals surface area contributed by atoms with Crippen molar-refractivity contribution in [3.8, 4) is 0 Å². The fraction of sp³-hybridized carbons (Fsp3) is 0.750. The number of sulfonamides is 1. The number of hydrogen-bond donors (Lipinski definition) is 3. The SMILES string of the molecule is NS(=O)(=O)CCNC(=O)N1CCC(C(=O)O)C1. The first-order valence-electron chi connectivity index (χ1n) is 5.05. The molecule has 0 radical (unpaired) electrons. The topological polar surface area (TPSA) is 130 Å². The van der Waals surface area contributed by atoms with E-state index >= 15 is 0 Å². The van der Waals surface area contributed by atoms with Crippen molar-refractivity contribution >= 4 is 22.0 Å². The molecule has 0 aromatic rings. The van der Waals surface area contributed by atoms with E-state index in [0.717, 1.165) is 0 Å². The monoisotopic (exact) mass is 265 g/mol. The van der Waals surface area contributed by atoms with Crippen LogP contribution in [0.5, 0.6) is 0 Å². The molecular formula is C8H15N3O5S. The van der Waals surface area contributed by atoms with Crippen LogP contribution >= 0.6 is 0 Å². The van der Waals surface area contributed by atoms with Crippen molar-refractivity contribution in [3.63, 3.8) is 0 Å². The van der Waals surface area contributed by atoms with Crippen LogP contribution in [0.1, 0.15) is 6.42 Å². The predicted octanol–water partition coefficient (Wildman–Crippen LogP) is -1.61. The molecule has 1 rings (SSSR count). The van der Waals surface area contributed by atoms with E-state index in [1.807, 2.05) is 0 Å². The summed E-state index contributed by atoms with van der Waals surface area (Å²) in [6.45, 7) is 0.431. The molecule has 8 nitrogen and oxygen atoms in total. The molecule has 1 fully saturated rings. The molecule has 2 amide bonds. The molecule has 0 aromatic heterocycles. The Morgan fingerprint density at radius 3 is 2.59 bits per heavy atom. The third-order valence-electron chi connectivity index (χ3n) is 2.49. The second-order valence-corrected chi connectivity index (χ2v) is 5.60. The number of nitrogens with two attached hydrogens (primary N) is 1. The van der Waals surface area contributed by atoms with E-state index in [1.54, 1.807) is 0 Å². The van der Waals surface area contributed by atoms with E-state index in [0.29, 0.717) is 13.0 Å². The Morgan fingerprint density at radius 2 is 2.12 bits per heavy atom. The average molecular weight is 265 g/mol. The number of primary sulfonamides is 1. The van der Waals surface area contributed by atoms with Crippen molar-refractivity contribution in [2.45, 2.75) is 6.42 Å². The van der Waals surface area contributed by atoms with Gasteiger partial charge in [0.15, 0.2) is 0 Å². The van der Waals surface area contributed by atoms with E-state index in [9.17, 15) is 18.0 Å². The number of likely N-dealkylation sites (tertiary alicyclic amines) is 1. The lowest BCUT2D eigenvalue weighted by atomic mass is 10.1. The lowest BCUT2D eigenvalue weighted by molar-refractivity contribution is -0.141. The van der Waals surface area contributed by atoms with Crippen LogP contribution in [0.2, 0.25) is 0 Å². The molecule has 0 bridgehead atoms. The molecule has 1 aliphatic heterocycles. The quantitative estimate of drug-likeness (QED) is 0.563. The van der Waals surface area contributed by atoms with Gasteiger partial charge in [0.2, 0.25) is 10.0 Å². The van der Waals surface area contributed by atoms with Crippen LogP contribution in [0.3, 0.4) is 0 Å². The predicted molar refractivity (Wildman–Crippen MR) is 58.7 cm³/mol. The molecular weight excluding hydrogens is 250 g/mol. The summed E-state index contributed by atoms with van der Waals surface area (Å²) in [4.78, 5) is 23.5. The molecule has 0 aromatic carbocycles. The van der Waals surface area contributed by atoms with Crippen molar-refractivity contribution in [1.82, 2.24) is 10.2 Å². The van der Waals surface area contributed by atoms with Gasteiger partial charge < -0.3 is 15.3 Å². The minimum atomic E-state index is -3.59. The minimum Gasteiger partial charge on any atom is -0.481 e. The highest BCUT2D eigenvalue weighted by atomic mass is 32.2. The smallest absolute Gasteiger partial charge is 0.317 e. The molecule has 1 aliphatic rings. The normalized spacial score (nSPS) is 20.3. The molecule has 1 saturated heterocycles. The molecule has 98 valence electrons. The molecule has 17 heavy (non-hydrogen) atoms. The van der Waals surface area contributed by atoms with E-state index in [-0.39, 0.29) is 18.8 Å². The molecule has 9 heteroatoms. The molecule has 0 saturated carbocycles. The lowest BCUT2D eigenvalue weighted by Crippen LogP contribution is -2.41. The van der Waals surface area contributed by atoms with Crippen LogP contribution in [-0.2, 0) is 14.8 Å². The number of carboxylic acids is 1. The number of hydrogen-bond acceptors (Lipinski definition) is 4. The molecule has 1 atom stereocenters. The Balaban J connectivity index is 2.33. The van der Waals surface area contributed by atoms with Crippen molar-refractivity contribution in [1.29, 1.82) is 0 Å². The molecule has 1 heterocycles. The van der Waals surface area contributed by atoms with Crippen LogP contribution in [0.15, 0.2) is 0 Å². The fourth-order valence-corrected chi connectivity index (χ4v) is 1.94. The summed E-state index contributed by atoms with van der Waals surface area (Å²) in [5.41, 5.74) is 0. The van der Waals surface area contributed by atoms with Crippen molar-refractivity contribution in [3.05, 3.63) is 0 Å². The Morgan fingerprint density at radius 1 is 1.47 bits per heavy atom. The highest BCUT2D eigenvalue weighted by Crippen LogP contribution is 2.15. The Hall–Kier alpha value is -1.35. The summed E-state index contributed by atoms with van der Waals surface area (Å²) in [6, 6.07) is -0.461. The molecule has 0 aliphatic carbocycles. The van der Waals surface area contributed by atoms with Gasteiger partial charge in [-0.25, -0.2) is 18.4 Å². The van der Waals surface area contributed by atoms with Crippen LogP contribution in [0.25, 0.3) is 0 Å². The standard InChI is InChI=1S/C8H15N3O5S/c9-17(15,16)4-2-10-8(14)11-3-1-6(5-11)7(12)13/h6H,1-5H2,(H,10,14)(H,12,13)(H2,9,15,16). The summed E-state index contributed by atoms with van der Waals surface area (Å²) in [5.74, 6) is -1.81. The minimum absolute atomic E-state index is 0.0775. The number of nitrogens with one attached hydrogen (secondary N) is 1. The number of aliphatic carboxylic acids is 1. The Kier molecular flexibility index (Phi) is 4.29. The molecule has 1 unspecified atom stereocenters. The summed E-state index contributed by atoms with van der Waals surface area (Å²) >= 11 is 0. The third kappa shape index (κ3) is 4.57. The Bertz CT molecular complexity index is 407. The summed E-state index contributed by atoms with van der Waals surface area (Å²) < 4.78 is 21.2. The van der Waals surface area contributed by atoms with Crippen molar-refractivity contribution in [2.24, 2.45) is 11.1 Å². The van der Waals surface area contributed by atoms with Crippen LogP contribution < -0.4 is 10.5 Å². The van der Waals surface area contributed by atoms with Crippen LogP contribution in [0, 0.1) is 5.92 Å². The van der Waals surface area contributed by atoms with E-state index in [2.05, 4.69) is 5.32 Å². The van der Waals surface area contributed by atoms with Crippen LogP contribution in [0.4, 0.5) is 4.79 Å². The fourth-order valence-electron chi connectivity index (χ4n) is 1.56. The number of carboxylic acid groups (broad SMARTS) is 1. The van der Waals surface area contributed by atoms with E-state index < -0.39 is 27.9 Å². The summed E-state index contributed by atoms with van der Waals surface area (Å²) in [7, 11) is -3.59. The van der Waals surface area contributed by atoms with Gasteiger partial charge in [-0.3, -0.25) is 4.79 Å². The zero-order valence-electron chi connectivity index (χ0n) is 9.13. The maximum Gasteiger partial charge on any atom is 0.317 e. The number of carbonyl (C=O) groups is 2. The van der Waals surface area contributed by atoms with Gasteiger partial charge in [-0.1, -0.05) is 0 Å². The third-order valence-corrected chi connectivity index (χ3v) is 3.26. The average Bonchev–Trinajstić information content (AvgIpc) is 2.63. The van der Waals surface area contributed by atoms with Gasteiger partial charge in [-0.2, -0.15) is 0 Å². The lowest BCUT2D eigenvalue weighted by Gasteiger charge is -2.16. The zero-order chi connectivity index (χ0) is 13.1. The number of amides is 2. The second kappa shape index (κ2) is 5.32. The maximum absolute atomic E-state index is 11.5. The van der Waals surface area contributed by atoms with Crippen molar-refractivity contribution < 1.29 is 23.1 Å². The number of rotatable bonds is 4. The van der Waals surface area contributed by atoms with Gasteiger partial charge in [0.1, 0.15) is 0 Å². The first-order chi connectivity index (χ1) is 7.79. The van der Waals surface area contributed by atoms with E-state index in [1.165, 1.54) is 4.90 Å². The maximum atomic E-state index is 11.5. The first kappa shape index (κ1) is 13.7. The van der Waals surface area contributed by atoms with E-state index in [4.69, 9.17) is 10.2 Å².